The van der Waals surface area contributed by atoms with Crippen molar-refractivity contribution in [1.82, 2.24) is 10.2 Å². The highest BCUT2D eigenvalue weighted by Gasteiger charge is 2.27. The lowest BCUT2D eigenvalue weighted by atomic mass is 9.88. The van der Waals surface area contributed by atoms with Gasteiger partial charge in [-0.2, -0.15) is 0 Å². The summed E-state index contributed by atoms with van der Waals surface area (Å²) in [4.78, 5) is 14.9. The fourth-order valence-electron chi connectivity index (χ4n) is 3.94. The first-order valence-corrected chi connectivity index (χ1v) is 8.93. The molecule has 3 rings (SSSR count). The summed E-state index contributed by atoms with van der Waals surface area (Å²) in [6, 6.07) is 14.7. The number of fused-ring (bicyclic) bond motifs is 1. The van der Waals surface area contributed by atoms with Crippen molar-refractivity contribution >= 4 is 16.7 Å². The van der Waals surface area contributed by atoms with Crippen LogP contribution >= 0.6 is 0 Å². The van der Waals surface area contributed by atoms with Gasteiger partial charge in [-0.05, 0) is 62.5 Å². The number of amides is 1. The Morgan fingerprint density at radius 3 is 2.75 bits per heavy atom. The van der Waals surface area contributed by atoms with Crippen molar-refractivity contribution in [3.63, 3.8) is 0 Å². The first-order chi connectivity index (χ1) is 11.5. The molecule has 1 N–H and O–H groups in total. The van der Waals surface area contributed by atoms with Crippen LogP contribution < -0.4 is 5.32 Å². The minimum atomic E-state index is -0.376. The molecule has 3 heteroatoms. The molecule has 1 aliphatic rings. The number of rotatable bonds is 4. The van der Waals surface area contributed by atoms with E-state index in [0.29, 0.717) is 12.3 Å². The molecule has 1 saturated heterocycles. The maximum absolute atomic E-state index is 12.6. The smallest absolute Gasteiger partial charge is 0.220 e. The normalized spacial score (nSPS) is 19.4. The van der Waals surface area contributed by atoms with Crippen molar-refractivity contribution in [3.05, 3.63) is 48.0 Å². The number of piperidine rings is 1. The average Bonchev–Trinajstić information content (AvgIpc) is 2.53. The summed E-state index contributed by atoms with van der Waals surface area (Å²) in [5, 5.41) is 5.69. The second-order valence-electron chi connectivity index (χ2n) is 7.67. The van der Waals surface area contributed by atoms with Crippen LogP contribution in [0.25, 0.3) is 10.8 Å². The molecular formula is C21H28N2O. The first-order valence-electron chi connectivity index (χ1n) is 8.93. The van der Waals surface area contributed by atoms with E-state index in [4.69, 9.17) is 0 Å². The minimum Gasteiger partial charge on any atom is -0.347 e. The molecule has 128 valence electrons. The topological polar surface area (TPSA) is 32.3 Å². The lowest BCUT2D eigenvalue weighted by molar-refractivity contribution is -0.124. The zero-order valence-corrected chi connectivity index (χ0v) is 15.0. The van der Waals surface area contributed by atoms with Crippen LogP contribution in [0.15, 0.2) is 42.5 Å². The maximum atomic E-state index is 12.6. The predicted molar refractivity (Wildman–Crippen MR) is 100.0 cm³/mol. The summed E-state index contributed by atoms with van der Waals surface area (Å²) < 4.78 is 0. The zero-order valence-electron chi connectivity index (χ0n) is 15.0. The molecule has 0 bridgehead atoms. The molecule has 1 amide bonds. The highest BCUT2D eigenvalue weighted by atomic mass is 16.1. The van der Waals surface area contributed by atoms with Crippen molar-refractivity contribution in [3.8, 4) is 0 Å². The van der Waals surface area contributed by atoms with Crippen LogP contribution in [0.5, 0.6) is 0 Å². The van der Waals surface area contributed by atoms with E-state index in [2.05, 4.69) is 73.6 Å². The third-order valence-electron chi connectivity index (χ3n) is 5.11. The van der Waals surface area contributed by atoms with E-state index in [9.17, 15) is 4.79 Å². The van der Waals surface area contributed by atoms with Gasteiger partial charge in [0.05, 0.1) is 5.54 Å². The number of carbonyl (C=O) groups is 1. The molecule has 3 nitrogen and oxygen atoms in total. The van der Waals surface area contributed by atoms with Crippen LogP contribution in [0.2, 0.25) is 0 Å². The number of hydrogen-bond donors (Lipinski definition) is 1. The number of nitrogens with zero attached hydrogens (tertiary/aromatic N) is 1. The monoisotopic (exact) mass is 324 g/mol. The second-order valence-corrected chi connectivity index (χ2v) is 7.67. The van der Waals surface area contributed by atoms with E-state index >= 15 is 0 Å². The lowest BCUT2D eigenvalue weighted by Crippen LogP contribution is -2.43. The standard InChI is InChI=1S/C21H28N2O/c1-21(2,19-12-6-10-17-9-4-5-11-18(17)19)22-20(24)14-16-8-7-13-23(3)15-16/h4-6,9-12,16H,7-8,13-15H2,1-3H3,(H,22,24)/t16-/m0/s1. The summed E-state index contributed by atoms with van der Waals surface area (Å²) in [7, 11) is 2.14. The molecule has 0 unspecified atom stereocenters. The summed E-state index contributed by atoms with van der Waals surface area (Å²) in [5.74, 6) is 0.639. The molecule has 0 aromatic heterocycles. The summed E-state index contributed by atoms with van der Waals surface area (Å²) in [6.07, 6.45) is 2.98. The van der Waals surface area contributed by atoms with Crippen LogP contribution in [0, 0.1) is 5.92 Å². The SMILES string of the molecule is CN1CCC[C@@H](CC(=O)NC(C)(C)c2cccc3ccccc23)C1. The van der Waals surface area contributed by atoms with Gasteiger partial charge in [0.1, 0.15) is 0 Å². The van der Waals surface area contributed by atoms with E-state index in [-0.39, 0.29) is 11.4 Å². The second kappa shape index (κ2) is 6.94. The fourth-order valence-corrected chi connectivity index (χ4v) is 3.94. The van der Waals surface area contributed by atoms with Gasteiger partial charge in [0, 0.05) is 13.0 Å². The third kappa shape index (κ3) is 3.78. The molecule has 0 spiro atoms. The van der Waals surface area contributed by atoms with Crippen molar-refractivity contribution in [2.45, 2.75) is 38.6 Å². The Morgan fingerprint density at radius 2 is 1.96 bits per heavy atom. The van der Waals surface area contributed by atoms with E-state index < -0.39 is 0 Å². The lowest BCUT2D eigenvalue weighted by Gasteiger charge is -2.32. The summed E-state index contributed by atoms with van der Waals surface area (Å²) in [5.41, 5.74) is 0.799. The van der Waals surface area contributed by atoms with Crippen LogP contribution in [-0.2, 0) is 10.3 Å². The summed E-state index contributed by atoms with van der Waals surface area (Å²) >= 11 is 0. The Bertz CT molecular complexity index is 717. The molecule has 1 heterocycles. The van der Waals surface area contributed by atoms with Gasteiger partial charge in [-0.1, -0.05) is 42.5 Å². The van der Waals surface area contributed by atoms with Crippen molar-refractivity contribution in [2.75, 3.05) is 20.1 Å². The number of carbonyl (C=O) groups excluding carboxylic acids is 1. The Labute approximate surface area is 145 Å². The first kappa shape index (κ1) is 17.0. The zero-order chi connectivity index (χ0) is 17.2. The molecule has 24 heavy (non-hydrogen) atoms. The molecule has 0 saturated carbocycles. The average molecular weight is 324 g/mol. The quantitative estimate of drug-likeness (QED) is 0.924. The number of benzene rings is 2. The van der Waals surface area contributed by atoms with Gasteiger partial charge in [0.25, 0.3) is 0 Å². The van der Waals surface area contributed by atoms with E-state index in [1.54, 1.807) is 0 Å². The van der Waals surface area contributed by atoms with Crippen LogP contribution in [0.3, 0.4) is 0 Å². The van der Waals surface area contributed by atoms with Crippen LogP contribution in [-0.4, -0.2) is 30.9 Å². The number of nitrogens with one attached hydrogen (secondary N) is 1. The molecule has 0 radical (unpaired) electrons. The van der Waals surface area contributed by atoms with Gasteiger partial charge < -0.3 is 10.2 Å². The Hall–Kier alpha value is -1.87. The van der Waals surface area contributed by atoms with Crippen LogP contribution in [0.1, 0.15) is 38.7 Å². The van der Waals surface area contributed by atoms with E-state index in [1.165, 1.54) is 22.8 Å². The predicted octanol–water partition coefficient (Wildman–Crippen LogP) is 3.92. The van der Waals surface area contributed by atoms with E-state index in [0.717, 1.165) is 19.5 Å². The minimum absolute atomic E-state index is 0.160. The van der Waals surface area contributed by atoms with Crippen molar-refractivity contribution in [1.29, 1.82) is 0 Å². The van der Waals surface area contributed by atoms with Crippen molar-refractivity contribution in [2.24, 2.45) is 5.92 Å². The third-order valence-corrected chi connectivity index (χ3v) is 5.11. The molecule has 0 aliphatic carbocycles. The molecule has 1 atom stereocenters. The number of hydrogen-bond acceptors (Lipinski definition) is 2. The van der Waals surface area contributed by atoms with E-state index in [1.807, 2.05) is 0 Å². The molecule has 2 aromatic rings. The highest BCUT2D eigenvalue weighted by molar-refractivity contribution is 5.87. The van der Waals surface area contributed by atoms with Gasteiger partial charge in [-0.25, -0.2) is 0 Å². The Kier molecular flexibility index (Phi) is 4.91. The van der Waals surface area contributed by atoms with Gasteiger partial charge in [0.15, 0.2) is 0 Å². The number of likely N-dealkylation sites (tertiary alicyclic amines) is 1. The van der Waals surface area contributed by atoms with Gasteiger partial charge in [-0.3, -0.25) is 4.79 Å². The van der Waals surface area contributed by atoms with Crippen molar-refractivity contribution < 1.29 is 4.79 Å². The molecule has 1 fully saturated rings. The van der Waals surface area contributed by atoms with Gasteiger partial charge in [-0.15, -0.1) is 0 Å². The Morgan fingerprint density at radius 1 is 1.21 bits per heavy atom. The molecule has 1 aliphatic heterocycles. The van der Waals surface area contributed by atoms with Gasteiger partial charge >= 0.3 is 0 Å². The largest absolute Gasteiger partial charge is 0.347 e. The maximum Gasteiger partial charge on any atom is 0.220 e. The van der Waals surface area contributed by atoms with Crippen LogP contribution in [0.4, 0.5) is 0 Å². The highest BCUT2D eigenvalue weighted by Crippen LogP contribution is 2.29. The Balaban J connectivity index is 1.74. The molecular weight excluding hydrogens is 296 g/mol. The fraction of sp³-hybridized carbons (Fsp3) is 0.476. The molecule has 2 aromatic carbocycles. The van der Waals surface area contributed by atoms with Gasteiger partial charge in [0.2, 0.25) is 5.91 Å². The summed E-state index contributed by atoms with van der Waals surface area (Å²) in [6.45, 7) is 6.38.